The van der Waals surface area contributed by atoms with Crippen LogP contribution in [0.2, 0.25) is 0 Å². The van der Waals surface area contributed by atoms with E-state index in [1.807, 2.05) is 30.6 Å². The van der Waals surface area contributed by atoms with Gasteiger partial charge < -0.3 is 9.73 Å². The van der Waals surface area contributed by atoms with Crippen LogP contribution >= 0.6 is 11.3 Å². The van der Waals surface area contributed by atoms with Gasteiger partial charge in [0.05, 0.1) is 22.7 Å². The molecule has 3 rings (SSSR count). The molecule has 3 heterocycles. The lowest BCUT2D eigenvalue weighted by Gasteiger charge is -2.03. The van der Waals surface area contributed by atoms with Crippen molar-refractivity contribution in [1.82, 2.24) is 14.8 Å². The Labute approximate surface area is 144 Å². The van der Waals surface area contributed by atoms with Gasteiger partial charge in [-0.3, -0.25) is 9.48 Å². The highest BCUT2D eigenvalue weighted by Crippen LogP contribution is 2.23. The number of thiophene rings is 1. The van der Waals surface area contributed by atoms with Gasteiger partial charge in [-0.2, -0.15) is 5.10 Å². The van der Waals surface area contributed by atoms with E-state index in [4.69, 9.17) is 4.42 Å². The first kappa shape index (κ1) is 16.4. The van der Waals surface area contributed by atoms with Crippen molar-refractivity contribution >= 4 is 23.1 Å². The van der Waals surface area contributed by atoms with Gasteiger partial charge >= 0.3 is 0 Å². The van der Waals surface area contributed by atoms with Crippen LogP contribution in [0.1, 0.15) is 25.2 Å². The van der Waals surface area contributed by atoms with Crippen LogP contribution in [0, 0.1) is 5.92 Å². The van der Waals surface area contributed by atoms with E-state index < -0.39 is 0 Å². The molecule has 0 unspecified atom stereocenters. The fourth-order valence-corrected chi connectivity index (χ4v) is 3.07. The van der Waals surface area contributed by atoms with Crippen LogP contribution in [0.25, 0.3) is 10.8 Å². The van der Waals surface area contributed by atoms with Gasteiger partial charge in [-0.15, -0.1) is 11.3 Å². The van der Waals surface area contributed by atoms with E-state index in [2.05, 4.69) is 29.2 Å². The summed E-state index contributed by atoms with van der Waals surface area (Å²) >= 11 is 1.55. The summed E-state index contributed by atoms with van der Waals surface area (Å²) < 4.78 is 7.12. The van der Waals surface area contributed by atoms with Gasteiger partial charge in [0.1, 0.15) is 12.1 Å². The molecule has 0 aromatic carbocycles. The lowest BCUT2D eigenvalue weighted by Crippen LogP contribution is -2.16. The van der Waals surface area contributed by atoms with Crippen LogP contribution in [0.15, 0.2) is 34.3 Å². The van der Waals surface area contributed by atoms with Crippen LogP contribution in [-0.2, 0) is 24.7 Å². The molecule has 0 fully saturated rings. The molecule has 0 saturated heterocycles. The molecule has 24 heavy (non-hydrogen) atoms. The van der Waals surface area contributed by atoms with Crippen LogP contribution in [0.4, 0.5) is 5.82 Å². The summed E-state index contributed by atoms with van der Waals surface area (Å²) in [5.41, 5.74) is 1.59. The number of amides is 1. The highest BCUT2D eigenvalue weighted by molar-refractivity contribution is 7.13. The average molecular weight is 344 g/mol. The van der Waals surface area contributed by atoms with E-state index in [0.717, 1.165) is 17.0 Å². The standard InChI is InChI=1S/C17H20N4O2S/c1-11(2)7-12-8-15(21(3)20-12)19-16(22)9-13-10-23-17(18-13)14-5-4-6-24-14/h4-6,8,10-11H,7,9H2,1-3H3,(H,19,22). The maximum absolute atomic E-state index is 12.2. The molecule has 126 valence electrons. The molecule has 7 heteroatoms. The normalized spacial score (nSPS) is 11.2. The predicted molar refractivity (Wildman–Crippen MR) is 93.9 cm³/mol. The third-order valence-corrected chi connectivity index (χ3v) is 4.30. The molecule has 0 atom stereocenters. The molecule has 0 aliphatic rings. The predicted octanol–water partition coefficient (Wildman–Crippen LogP) is 3.52. The van der Waals surface area contributed by atoms with Gasteiger partial charge in [0, 0.05) is 13.1 Å². The highest BCUT2D eigenvalue weighted by Gasteiger charge is 2.13. The highest BCUT2D eigenvalue weighted by atomic mass is 32.1. The number of carbonyl (C=O) groups excluding carboxylic acids is 1. The number of nitrogens with one attached hydrogen (secondary N) is 1. The molecule has 0 aliphatic carbocycles. The molecule has 0 saturated carbocycles. The Morgan fingerprint density at radius 3 is 2.96 bits per heavy atom. The van der Waals surface area contributed by atoms with Gasteiger partial charge in [-0.1, -0.05) is 19.9 Å². The number of anilines is 1. The molecule has 1 N–H and O–H groups in total. The lowest BCUT2D eigenvalue weighted by molar-refractivity contribution is -0.115. The van der Waals surface area contributed by atoms with E-state index >= 15 is 0 Å². The van der Waals surface area contributed by atoms with E-state index in [1.54, 1.807) is 16.0 Å². The molecular weight excluding hydrogens is 324 g/mol. The Hall–Kier alpha value is -2.41. The first-order valence-corrected chi connectivity index (χ1v) is 8.70. The first-order chi connectivity index (χ1) is 11.5. The van der Waals surface area contributed by atoms with Gasteiger partial charge in [-0.05, 0) is 23.8 Å². The lowest BCUT2D eigenvalue weighted by atomic mass is 10.1. The van der Waals surface area contributed by atoms with E-state index in [-0.39, 0.29) is 12.3 Å². The summed E-state index contributed by atoms with van der Waals surface area (Å²) in [6.07, 6.45) is 2.58. The van der Waals surface area contributed by atoms with Gasteiger partial charge in [0.2, 0.25) is 11.8 Å². The third-order valence-electron chi connectivity index (χ3n) is 3.44. The fraction of sp³-hybridized carbons (Fsp3) is 0.353. The molecule has 3 aromatic heterocycles. The molecular formula is C17H20N4O2S. The summed E-state index contributed by atoms with van der Waals surface area (Å²) in [5, 5.41) is 9.26. The zero-order chi connectivity index (χ0) is 17.1. The smallest absolute Gasteiger partial charge is 0.236 e. The molecule has 0 aliphatic heterocycles. The quantitative estimate of drug-likeness (QED) is 0.742. The summed E-state index contributed by atoms with van der Waals surface area (Å²) in [5.74, 6) is 1.62. The molecule has 0 radical (unpaired) electrons. The summed E-state index contributed by atoms with van der Waals surface area (Å²) in [7, 11) is 1.82. The molecule has 0 spiro atoms. The number of nitrogens with zero attached hydrogens (tertiary/aromatic N) is 3. The van der Waals surface area contributed by atoms with Gasteiger partial charge in [-0.25, -0.2) is 4.98 Å². The van der Waals surface area contributed by atoms with Crippen molar-refractivity contribution < 1.29 is 9.21 Å². The molecule has 1 amide bonds. The summed E-state index contributed by atoms with van der Waals surface area (Å²) in [6.45, 7) is 4.28. The van der Waals surface area contributed by atoms with Crippen molar-refractivity contribution in [3.8, 4) is 10.8 Å². The monoisotopic (exact) mass is 344 g/mol. The maximum Gasteiger partial charge on any atom is 0.236 e. The second-order valence-corrected chi connectivity index (χ2v) is 7.04. The SMILES string of the molecule is CC(C)Cc1cc(NC(=O)Cc2coc(-c3cccs3)n2)n(C)n1. The minimum atomic E-state index is -0.139. The van der Waals surface area contributed by atoms with E-state index in [9.17, 15) is 4.79 Å². The van der Waals surface area contributed by atoms with Crippen molar-refractivity contribution in [2.45, 2.75) is 26.7 Å². The average Bonchev–Trinajstić information content (AvgIpc) is 3.20. The van der Waals surface area contributed by atoms with Crippen LogP contribution in [0.3, 0.4) is 0 Å². The Kier molecular flexibility index (Phi) is 4.80. The van der Waals surface area contributed by atoms with Crippen molar-refractivity contribution in [1.29, 1.82) is 0 Å². The number of aromatic nitrogens is 3. The molecule has 0 bridgehead atoms. The van der Waals surface area contributed by atoms with Crippen molar-refractivity contribution in [2.75, 3.05) is 5.32 Å². The minimum absolute atomic E-state index is 0.139. The van der Waals surface area contributed by atoms with Crippen LogP contribution in [0.5, 0.6) is 0 Å². The largest absolute Gasteiger partial charge is 0.444 e. The second kappa shape index (κ2) is 7.00. The number of aryl methyl sites for hydroxylation is 1. The van der Waals surface area contributed by atoms with Crippen molar-refractivity contribution in [3.05, 3.63) is 41.2 Å². The van der Waals surface area contributed by atoms with Gasteiger partial charge in [0.25, 0.3) is 0 Å². The molecule has 6 nitrogen and oxygen atoms in total. The number of hydrogen-bond donors (Lipinski definition) is 1. The van der Waals surface area contributed by atoms with Crippen molar-refractivity contribution in [2.24, 2.45) is 13.0 Å². The third kappa shape index (κ3) is 3.91. The van der Waals surface area contributed by atoms with Crippen molar-refractivity contribution in [3.63, 3.8) is 0 Å². The zero-order valence-electron chi connectivity index (χ0n) is 13.9. The summed E-state index contributed by atoms with van der Waals surface area (Å²) in [6, 6.07) is 5.79. The van der Waals surface area contributed by atoms with Crippen LogP contribution in [-0.4, -0.2) is 20.7 Å². The number of hydrogen-bond acceptors (Lipinski definition) is 5. The zero-order valence-corrected chi connectivity index (χ0v) is 14.8. The number of oxazole rings is 1. The Morgan fingerprint density at radius 2 is 2.25 bits per heavy atom. The number of rotatable bonds is 6. The fourth-order valence-electron chi connectivity index (χ4n) is 2.41. The Bertz CT molecular complexity index is 818. The Morgan fingerprint density at radius 1 is 1.42 bits per heavy atom. The first-order valence-electron chi connectivity index (χ1n) is 7.82. The van der Waals surface area contributed by atoms with Gasteiger partial charge in [0.15, 0.2) is 0 Å². The summed E-state index contributed by atoms with van der Waals surface area (Å²) in [4.78, 5) is 17.5. The number of carbonyl (C=O) groups is 1. The van der Waals surface area contributed by atoms with E-state index in [1.165, 1.54) is 6.26 Å². The topological polar surface area (TPSA) is 73.0 Å². The van der Waals surface area contributed by atoms with Crippen LogP contribution < -0.4 is 5.32 Å². The Balaban J connectivity index is 1.63. The maximum atomic E-state index is 12.2. The van der Waals surface area contributed by atoms with E-state index in [0.29, 0.717) is 23.3 Å². The second-order valence-electron chi connectivity index (χ2n) is 6.09. The molecule has 3 aromatic rings. The minimum Gasteiger partial charge on any atom is -0.444 e.